The zero-order valence-corrected chi connectivity index (χ0v) is 10.3. The second-order valence-corrected chi connectivity index (χ2v) is 3.92. The molecule has 18 heavy (non-hydrogen) atoms. The predicted molar refractivity (Wildman–Crippen MR) is 68.9 cm³/mol. The highest BCUT2D eigenvalue weighted by atomic mass is 16.5. The summed E-state index contributed by atoms with van der Waals surface area (Å²) < 4.78 is 4.90. The summed E-state index contributed by atoms with van der Waals surface area (Å²) in [5.74, 6) is -0.249. The lowest BCUT2D eigenvalue weighted by molar-refractivity contribution is -0.117. The molecule has 0 saturated carbocycles. The minimum absolute atomic E-state index is 0.249. The Labute approximate surface area is 107 Å². The molecule has 0 radical (unpaired) electrons. The van der Waals surface area contributed by atoms with Gasteiger partial charge in [0, 0.05) is 19.4 Å². The van der Waals surface area contributed by atoms with Gasteiger partial charge in [-0.1, -0.05) is 6.07 Å². The third kappa shape index (κ3) is 4.53. The number of hydrogen-bond acceptors (Lipinski definition) is 4. The van der Waals surface area contributed by atoms with Crippen molar-refractivity contribution in [3.63, 3.8) is 0 Å². The second kappa shape index (κ2) is 7.43. The van der Waals surface area contributed by atoms with E-state index in [0.717, 1.165) is 6.42 Å². The molecule has 1 atom stereocenters. The van der Waals surface area contributed by atoms with Crippen LogP contribution in [0.1, 0.15) is 18.4 Å². The minimum Gasteiger partial charge on any atom is -0.385 e. The Bertz CT molecular complexity index is 440. The van der Waals surface area contributed by atoms with Crippen LogP contribution in [-0.2, 0) is 9.53 Å². The van der Waals surface area contributed by atoms with Crippen LogP contribution in [0.3, 0.4) is 0 Å². The van der Waals surface area contributed by atoms with Crippen molar-refractivity contribution in [3.05, 3.63) is 29.8 Å². The van der Waals surface area contributed by atoms with E-state index in [-0.39, 0.29) is 5.91 Å². The molecule has 3 N–H and O–H groups in total. The lowest BCUT2D eigenvalue weighted by Crippen LogP contribution is -2.35. The zero-order valence-electron chi connectivity index (χ0n) is 10.3. The molecule has 1 aromatic rings. The van der Waals surface area contributed by atoms with Gasteiger partial charge in [-0.25, -0.2) is 0 Å². The Hall–Kier alpha value is -1.90. The topological polar surface area (TPSA) is 88.1 Å². The third-order valence-electron chi connectivity index (χ3n) is 2.46. The van der Waals surface area contributed by atoms with E-state index in [4.69, 9.17) is 15.7 Å². The van der Waals surface area contributed by atoms with Crippen molar-refractivity contribution in [2.75, 3.05) is 19.0 Å². The van der Waals surface area contributed by atoms with E-state index >= 15 is 0 Å². The number of nitrogens with zero attached hydrogens (tertiary/aromatic N) is 1. The number of rotatable bonds is 6. The maximum absolute atomic E-state index is 11.7. The number of carbonyl (C=O) groups excluding carboxylic acids is 1. The summed E-state index contributed by atoms with van der Waals surface area (Å²) in [5, 5.41) is 11.4. The largest absolute Gasteiger partial charge is 0.385 e. The fraction of sp³-hybridized carbons (Fsp3) is 0.385. The van der Waals surface area contributed by atoms with Crippen molar-refractivity contribution in [2.24, 2.45) is 5.73 Å². The van der Waals surface area contributed by atoms with Gasteiger partial charge in [0.2, 0.25) is 5.91 Å². The highest BCUT2D eigenvalue weighted by Gasteiger charge is 2.13. The molecule has 1 amide bonds. The molecule has 5 nitrogen and oxygen atoms in total. The smallest absolute Gasteiger partial charge is 0.241 e. The van der Waals surface area contributed by atoms with Gasteiger partial charge in [0.15, 0.2) is 0 Å². The average Bonchev–Trinajstić information content (AvgIpc) is 2.39. The quantitative estimate of drug-likeness (QED) is 0.740. The molecule has 0 spiro atoms. The Morgan fingerprint density at radius 2 is 2.39 bits per heavy atom. The Morgan fingerprint density at radius 3 is 3.06 bits per heavy atom. The van der Waals surface area contributed by atoms with Gasteiger partial charge < -0.3 is 15.8 Å². The lowest BCUT2D eigenvalue weighted by atomic mass is 10.1. The van der Waals surface area contributed by atoms with Gasteiger partial charge in [0.05, 0.1) is 17.7 Å². The fourth-order valence-corrected chi connectivity index (χ4v) is 1.48. The molecule has 1 rings (SSSR count). The molecule has 0 aliphatic heterocycles. The maximum Gasteiger partial charge on any atom is 0.241 e. The number of nitriles is 1. The molecule has 0 saturated heterocycles. The first kappa shape index (κ1) is 14.2. The summed E-state index contributed by atoms with van der Waals surface area (Å²) >= 11 is 0. The van der Waals surface area contributed by atoms with Crippen LogP contribution in [0.25, 0.3) is 0 Å². The number of amides is 1. The van der Waals surface area contributed by atoms with Crippen molar-refractivity contribution in [3.8, 4) is 6.07 Å². The van der Waals surface area contributed by atoms with Crippen LogP contribution in [-0.4, -0.2) is 25.7 Å². The van der Waals surface area contributed by atoms with Crippen LogP contribution >= 0.6 is 0 Å². The highest BCUT2D eigenvalue weighted by Crippen LogP contribution is 2.10. The first-order valence-corrected chi connectivity index (χ1v) is 5.73. The van der Waals surface area contributed by atoms with E-state index in [1.807, 2.05) is 6.07 Å². The van der Waals surface area contributed by atoms with Gasteiger partial charge in [0.25, 0.3) is 0 Å². The molecule has 0 aromatic heterocycles. The molecule has 96 valence electrons. The van der Waals surface area contributed by atoms with Crippen molar-refractivity contribution in [2.45, 2.75) is 18.9 Å². The number of hydrogen-bond donors (Lipinski definition) is 2. The SMILES string of the molecule is COCCCC(N)C(=O)Nc1cccc(C#N)c1. The van der Waals surface area contributed by atoms with Crippen LogP contribution in [0, 0.1) is 11.3 Å². The Kier molecular flexibility index (Phi) is 5.85. The maximum atomic E-state index is 11.7. The molecule has 0 bridgehead atoms. The number of methoxy groups -OCH3 is 1. The van der Waals surface area contributed by atoms with Gasteiger partial charge >= 0.3 is 0 Å². The molecule has 0 aliphatic carbocycles. The number of nitrogens with one attached hydrogen (secondary N) is 1. The van der Waals surface area contributed by atoms with E-state index in [9.17, 15) is 4.79 Å². The van der Waals surface area contributed by atoms with Crippen molar-refractivity contribution >= 4 is 11.6 Å². The number of ether oxygens (including phenoxy) is 1. The van der Waals surface area contributed by atoms with E-state index in [1.165, 1.54) is 0 Å². The van der Waals surface area contributed by atoms with E-state index in [0.29, 0.717) is 24.3 Å². The first-order chi connectivity index (χ1) is 8.67. The van der Waals surface area contributed by atoms with Crippen LogP contribution in [0.4, 0.5) is 5.69 Å². The van der Waals surface area contributed by atoms with Crippen LogP contribution < -0.4 is 11.1 Å². The van der Waals surface area contributed by atoms with Crippen LogP contribution in [0.15, 0.2) is 24.3 Å². The zero-order chi connectivity index (χ0) is 13.4. The fourth-order valence-electron chi connectivity index (χ4n) is 1.48. The molecular weight excluding hydrogens is 230 g/mol. The van der Waals surface area contributed by atoms with Gasteiger partial charge in [-0.15, -0.1) is 0 Å². The average molecular weight is 247 g/mol. The molecule has 1 unspecified atom stereocenters. The summed E-state index contributed by atoms with van der Waals surface area (Å²) in [6.07, 6.45) is 1.31. The van der Waals surface area contributed by atoms with E-state index < -0.39 is 6.04 Å². The molecule has 0 heterocycles. The molecular formula is C13H17N3O2. The normalized spacial score (nSPS) is 11.6. The standard InChI is InChI=1S/C13H17N3O2/c1-18-7-3-6-12(15)13(17)16-11-5-2-4-10(8-11)9-14/h2,4-5,8,12H,3,6-7,15H2,1H3,(H,16,17). The Balaban J connectivity index is 2.50. The van der Waals surface area contributed by atoms with E-state index in [2.05, 4.69) is 5.32 Å². The lowest BCUT2D eigenvalue weighted by Gasteiger charge is -2.12. The second-order valence-electron chi connectivity index (χ2n) is 3.92. The summed E-state index contributed by atoms with van der Waals surface area (Å²) in [5.41, 5.74) is 6.83. The monoisotopic (exact) mass is 247 g/mol. The summed E-state index contributed by atoms with van der Waals surface area (Å²) in [6.45, 7) is 0.588. The van der Waals surface area contributed by atoms with E-state index in [1.54, 1.807) is 31.4 Å². The number of anilines is 1. The number of benzene rings is 1. The van der Waals surface area contributed by atoms with Gasteiger partial charge in [-0.3, -0.25) is 4.79 Å². The van der Waals surface area contributed by atoms with Gasteiger partial charge in [-0.2, -0.15) is 5.26 Å². The van der Waals surface area contributed by atoms with Crippen molar-refractivity contribution < 1.29 is 9.53 Å². The minimum atomic E-state index is -0.564. The molecule has 5 heteroatoms. The highest BCUT2D eigenvalue weighted by molar-refractivity contribution is 5.94. The Morgan fingerprint density at radius 1 is 1.61 bits per heavy atom. The third-order valence-corrected chi connectivity index (χ3v) is 2.46. The predicted octanol–water partition coefficient (Wildman–Crippen LogP) is 1.25. The summed E-state index contributed by atoms with van der Waals surface area (Å²) in [6, 6.07) is 8.17. The molecule has 0 aliphatic rings. The number of carbonyl (C=O) groups is 1. The first-order valence-electron chi connectivity index (χ1n) is 5.73. The van der Waals surface area contributed by atoms with Crippen molar-refractivity contribution in [1.29, 1.82) is 5.26 Å². The summed E-state index contributed by atoms with van der Waals surface area (Å²) in [7, 11) is 1.61. The van der Waals surface area contributed by atoms with Crippen LogP contribution in [0.5, 0.6) is 0 Å². The molecule has 0 fully saturated rings. The van der Waals surface area contributed by atoms with Gasteiger partial charge in [0.1, 0.15) is 0 Å². The van der Waals surface area contributed by atoms with Crippen LogP contribution in [0.2, 0.25) is 0 Å². The molecule has 1 aromatic carbocycles. The number of nitrogens with two attached hydrogens (primary N) is 1. The summed E-state index contributed by atoms with van der Waals surface area (Å²) in [4.78, 5) is 11.7. The van der Waals surface area contributed by atoms with Gasteiger partial charge in [-0.05, 0) is 31.0 Å². The van der Waals surface area contributed by atoms with Crippen molar-refractivity contribution in [1.82, 2.24) is 0 Å².